The quantitative estimate of drug-likeness (QED) is 0.768. The molecule has 100 valence electrons. The highest BCUT2D eigenvalue weighted by Gasteiger charge is 2.11. The average Bonchev–Trinajstić information content (AvgIpc) is 2.38. The summed E-state index contributed by atoms with van der Waals surface area (Å²) in [5.41, 5.74) is 1.29. The van der Waals surface area contributed by atoms with Gasteiger partial charge >= 0.3 is 0 Å². The minimum atomic E-state index is 0.650. The highest BCUT2D eigenvalue weighted by molar-refractivity contribution is 5.43. The number of benzene rings is 1. The summed E-state index contributed by atoms with van der Waals surface area (Å²) in [6.07, 6.45) is 1.02. The molecule has 1 aliphatic heterocycles. The van der Waals surface area contributed by atoms with Crippen LogP contribution in [0.4, 0.5) is 0 Å². The molecular weight excluding hydrogens is 228 g/mol. The average molecular weight is 250 g/mol. The van der Waals surface area contributed by atoms with Gasteiger partial charge in [-0.1, -0.05) is 6.07 Å². The molecule has 0 unspecified atom stereocenters. The van der Waals surface area contributed by atoms with Gasteiger partial charge in [0.25, 0.3) is 0 Å². The number of ether oxygens (including phenoxy) is 2. The Balaban J connectivity index is 1.76. The summed E-state index contributed by atoms with van der Waals surface area (Å²) in [5.74, 6) is 1.75. The standard InChI is InChI=1S/C14H22N2O2/c1-16(2)8-7-15-6-5-12-3-4-13-14(11-12)18-10-9-17-13/h3-4,11,15H,5-10H2,1-2H3. The van der Waals surface area contributed by atoms with Gasteiger partial charge in [-0.3, -0.25) is 0 Å². The van der Waals surface area contributed by atoms with Gasteiger partial charge in [0.2, 0.25) is 0 Å². The van der Waals surface area contributed by atoms with Gasteiger partial charge in [-0.15, -0.1) is 0 Å². The van der Waals surface area contributed by atoms with Crippen molar-refractivity contribution < 1.29 is 9.47 Å². The first-order valence-corrected chi connectivity index (χ1v) is 6.49. The molecule has 0 fully saturated rings. The van der Waals surface area contributed by atoms with Crippen molar-refractivity contribution in [3.8, 4) is 11.5 Å². The van der Waals surface area contributed by atoms with Gasteiger partial charge in [0.05, 0.1) is 0 Å². The summed E-state index contributed by atoms with van der Waals surface area (Å²) in [7, 11) is 4.17. The zero-order valence-electron chi connectivity index (χ0n) is 11.2. The van der Waals surface area contributed by atoms with Crippen molar-refractivity contribution in [2.75, 3.05) is 46.9 Å². The zero-order valence-corrected chi connectivity index (χ0v) is 11.2. The second-order valence-electron chi connectivity index (χ2n) is 4.78. The lowest BCUT2D eigenvalue weighted by molar-refractivity contribution is 0.171. The zero-order chi connectivity index (χ0) is 12.8. The molecule has 0 aliphatic carbocycles. The van der Waals surface area contributed by atoms with Crippen LogP contribution in [0.25, 0.3) is 0 Å². The molecule has 2 rings (SSSR count). The predicted octanol–water partition coefficient (Wildman–Crippen LogP) is 1.15. The molecule has 0 aromatic heterocycles. The molecule has 0 atom stereocenters. The van der Waals surface area contributed by atoms with Crippen molar-refractivity contribution >= 4 is 0 Å². The van der Waals surface area contributed by atoms with E-state index in [1.807, 2.05) is 6.07 Å². The minimum absolute atomic E-state index is 0.650. The maximum absolute atomic E-state index is 5.57. The Kier molecular flexibility index (Phi) is 4.84. The topological polar surface area (TPSA) is 33.7 Å². The first-order chi connectivity index (χ1) is 8.75. The van der Waals surface area contributed by atoms with E-state index < -0.39 is 0 Å². The Morgan fingerprint density at radius 1 is 1.11 bits per heavy atom. The Bertz CT molecular complexity index is 380. The summed E-state index contributed by atoms with van der Waals surface area (Å²) >= 11 is 0. The lowest BCUT2D eigenvalue weighted by Gasteiger charge is -2.19. The summed E-state index contributed by atoms with van der Waals surface area (Å²) < 4.78 is 11.1. The molecular formula is C14H22N2O2. The van der Waals surface area contributed by atoms with Crippen LogP contribution in [-0.2, 0) is 6.42 Å². The molecule has 4 nitrogen and oxygen atoms in total. The maximum Gasteiger partial charge on any atom is 0.161 e. The van der Waals surface area contributed by atoms with Crippen molar-refractivity contribution in [3.63, 3.8) is 0 Å². The molecule has 1 aromatic carbocycles. The maximum atomic E-state index is 5.57. The van der Waals surface area contributed by atoms with E-state index in [0.717, 1.165) is 37.6 Å². The summed E-state index contributed by atoms with van der Waals surface area (Å²) in [6.45, 7) is 4.39. The third-order valence-electron chi connectivity index (χ3n) is 2.93. The summed E-state index contributed by atoms with van der Waals surface area (Å²) in [4.78, 5) is 2.18. The molecule has 1 aromatic rings. The van der Waals surface area contributed by atoms with E-state index in [9.17, 15) is 0 Å². The number of fused-ring (bicyclic) bond motifs is 1. The van der Waals surface area contributed by atoms with Crippen LogP contribution in [0.1, 0.15) is 5.56 Å². The van der Waals surface area contributed by atoms with Gasteiger partial charge in [-0.05, 0) is 44.8 Å². The van der Waals surface area contributed by atoms with E-state index in [1.54, 1.807) is 0 Å². The molecule has 0 radical (unpaired) electrons. The number of nitrogens with zero attached hydrogens (tertiary/aromatic N) is 1. The van der Waals surface area contributed by atoms with E-state index in [2.05, 4.69) is 36.4 Å². The SMILES string of the molecule is CN(C)CCNCCc1ccc2c(c1)OCCO2. The number of hydrogen-bond donors (Lipinski definition) is 1. The second-order valence-corrected chi connectivity index (χ2v) is 4.78. The van der Waals surface area contributed by atoms with E-state index in [4.69, 9.17) is 9.47 Å². The van der Waals surface area contributed by atoms with Crippen LogP contribution in [0.3, 0.4) is 0 Å². The molecule has 1 heterocycles. The highest BCUT2D eigenvalue weighted by atomic mass is 16.6. The third-order valence-corrected chi connectivity index (χ3v) is 2.93. The molecule has 0 amide bonds. The third kappa shape index (κ3) is 3.89. The van der Waals surface area contributed by atoms with Gasteiger partial charge in [0, 0.05) is 13.1 Å². The lowest BCUT2D eigenvalue weighted by Crippen LogP contribution is -2.27. The van der Waals surface area contributed by atoms with Crippen molar-refractivity contribution in [2.24, 2.45) is 0 Å². The molecule has 1 aliphatic rings. The van der Waals surface area contributed by atoms with Crippen LogP contribution < -0.4 is 14.8 Å². The van der Waals surface area contributed by atoms with Gasteiger partial charge < -0.3 is 19.7 Å². The van der Waals surface area contributed by atoms with Crippen LogP contribution in [-0.4, -0.2) is 51.8 Å². The van der Waals surface area contributed by atoms with E-state index in [-0.39, 0.29) is 0 Å². The first-order valence-electron chi connectivity index (χ1n) is 6.49. The molecule has 0 saturated carbocycles. The monoisotopic (exact) mass is 250 g/mol. The molecule has 18 heavy (non-hydrogen) atoms. The van der Waals surface area contributed by atoms with Crippen LogP contribution in [0.2, 0.25) is 0 Å². The van der Waals surface area contributed by atoms with Gasteiger partial charge in [0.15, 0.2) is 11.5 Å². The van der Waals surface area contributed by atoms with Crippen molar-refractivity contribution in [1.29, 1.82) is 0 Å². The molecule has 0 spiro atoms. The number of nitrogens with one attached hydrogen (secondary N) is 1. The van der Waals surface area contributed by atoms with Gasteiger partial charge in [-0.25, -0.2) is 0 Å². The van der Waals surface area contributed by atoms with Crippen LogP contribution in [0.15, 0.2) is 18.2 Å². The smallest absolute Gasteiger partial charge is 0.161 e. The first kappa shape index (κ1) is 13.2. The Labute approximate surface area is 109 Å². The lowest BCUT2D eigenvalue weighted by atomic mass is 10.1. The highest BCUT2D eigenvalue weighted by Crippen LogP contribution is 2.30. The summed E-state index contributed by atoms with van der Waals surface area (Å²) in [6, 6.07) is 6.20. The van der Waals surface area contributed by atoms with E-state index in [1.165, 1.54) is 5.56 Å². The van der Waals surface area contributed by atoms with Crippen molar-refractivity contribution in [2.45, 2.75) is 6.42 Å². The Hall–Kier alpha value is -1.26. The van der Waals surface area contributed by atoms with Gasteiger partial charge in [-0.2, -0.15) is 0 Å². The predicted molar refractivity (Wildman–Crippen MR) is 72.6 cm³/mol. The molecule has 0 saturated heterocycles. The van der Waals surface area contributed by atoms with E-state index in [0.29, 0.717) is 13.2 Å². The van der Waals surface area contributed by atoms with Crippen molar-refractivity contribution in [3.05, 3.63) is 23.8 Å². The second kappa shape index (κ2) is 6.61. The Morgan fingerprint density at radius 3 is 2.67 bits per heavy atom. The van der Waals surface area contributed by atoms with E-state index >= 15 is 0 Å². The number of likely N-dealkylation sites (N-methyl/N-ethyl adjacent to an activating group) is 1. The van der Waals surface area contributed by atoms with Crippen molar-refractivity contribution in [1.82, 2.24) is 10.2 Å². The minimum Gasteiger partial charge on any atom is -0.486 e. The van der Waals surface area contributed by atoms with Gasteiger partial charge in [0.1, 0.15) is 13.2 Å². The fourth-order valence-corrected chi connectivity index (χ4v) is 1.90. The molecule has 0 bridgehead atoms. The number of hydrogen-bond acceptors (Lipinski definition) is 4. The summed E-state index contributed by atoms with van der Waals surface area (Å²) in [5, 5.41) is 3.43. The molecule has 1 N–H and O–H groups in total. The van der Waals surface area contributed by atoms with Crippen LogP contribution >= 0.6 is 0 Å². The number of rotatable bonds is 6. The normalized spacial score (nSPS) is 13.9. The Morgan fingerprint density at radius 2 is 1.89 bits per heavy atom. The fraction of sp³-hybridized carbons (Fsp3) is 0.571. The largest absolute Gasteiger partial charge is 0.486 e. The fourth-order valence-electron chi connectivity index (χ4n) is 1.90. The van der Waals surface area contributed by atoms with Crippen LogP contribution in [0, 0.1) is 0 Å². The molecule has 4 heteroatoms. The van der Waals surface area contributed by atoms with Crippen LogP contribution in [0.5, 0.6) is 11.5 Å².